The monoisotopic (exact) mass is 360 g/mol. The molecule has 130 valence electrons. The van der Waals surface area contributed by atoms with Crippen molar-refractivity contribution in [1.29, 1.82) is 0 Å². The fourth-order valence-electron chi connectivity index (χ4n) is 2.96. The average Bonchev–Trinajstić information content (AvgIpc) is 3.03. The molecule has 0 aliphatic heterocycles. The van der Waals surface area contributed by atoms with Crippen molar-refractivity contribution in [2.24, 2.45) is 0 Å². The van der Waals surface area contributed by atoms with E-state index in [9.17, 15) is 0 Å². The van der Waals surface area contributed by atoms with Gasteiger partial charge in [0.25, 0.3) is 0 Å². The lowest BCUT2D eigenvalue weighted by atomic mass is 10.0. The van der Waals surface area contributed by atoms with Crippen molar-refractivity contribution in [1.82, 2.24) is 9.97 Å². The van der Waals surface area contributed by atoms with Gasteiger partial charge in [-0.05, 0) is 61.7 Å². The van der Waals surface area contributed by atoms with Gasteiger partial charge in [0.15, 0.2) is 0 Å². The van der Waals surface area contributed by atoms with Crippen molar-refractivity contribution < 1.29 is 0 Å². The summed E-state index contributed by atoms with van der Waals surface area (Å²) in [5.74, 6) is 1.58. The van der Waals surface area contributed by atoms with Crippen LogP contribution in [0.15, 0.2) is 47.8 Å². The second-order valence-corrected chi connectivity index (χ2v) is 7.35. The first-order chi connectivity index (χ1) is 12.5. The number of thiophene rings is 1. The summed E-state index contributed by atoms with van der Waals surface area (Å²) in [5.41, 5.74) is 12.4. The number of rotatable bonds is 3. The van der Waals surface area contributed by atoms with Gasteiger partial charge in [-0.2, -0.15) is 0 Å². The molecular weight excluding hydrogens is 340 g/mol. The van der Waals surface area contributed by atoms with E-state index in [1.165, 1.54) is 16.7 Å². The second-order valence-electron chi connectivity index (χ2n) is 6.50. The summed E-state index contributed by atoms with van der Waals surface area (Å²) in [6.07, 6.45) is 0. The van der Waals surface area contributed by atoms with E-state index in [1.807, 2.05) is 31.2 Å². The van der Waals surface area contributed by atoms with E-state index < -0.39 is 0 Å². The molecule has 4 rings (SSSR count). The van der Waals surface area contributed by atoms with Crippen LogP contribution in [0, 0.1) is 20.8 Å². The van der Waals surface area contributed by atoms with Gasteiger partial charge in [-0.1, -0.05) is 18.2 Å². The zero-order valence-electron chi connectivity index (χ0n) is 15.0. The number of aryl methyl sites for hydroxylation is 3. The molecule has 4 nitrogen and oxygen atoms in total. The molecule has 0 spiro atoms. The van der Waals surface area contributed by atoms with Gasteiger partial charge in [-0.25, -0.2) is 9.97 Å². The van der Waals surface area contributed by atoms with Crippen LogP contribution >= 0.6 is 11.3 Å². The molecule has 4 aromatic rings. The van der Waals surface area contributed by atoms with Crippen LogP contribution in [0.1, 0.15) is 17.0 Å². The number of nitrogen functional groups attached to an aromatic ring is 1. The van der Waals surface area contributed by atoms with Crippen LogP contribution < -0.4 is 11.1 Å². The molecule has 0 bridgehead atoms. The maximum absolute atomic E-state index is 5.79. The number of anilines is 3. The maximum Gasteiger partial charge on any atom is 0.143 e. The average molecular weight is 360 g/mol. The van der Waals surface area contributed by atoms with Crippen LogP contribution in [0.2, 0.25) is 0 Å². The molecule has 26 heavy (non-hydrogen) atoms. The molecule has 0 saturated heterocycles. The zero-order valence-corrected chi connectivity index (χ0v) is 15.8. The fraction of sp³-hybridized carbons (Fsp3) is 0.143. The molecule has 3 N–H and O–H groups in total. The second kappa shape index (κ2) is 6.42. The summed E-state index contributed by atoms with van der Waals surface area (Å²) in [7, 11) is 0. The van der Waals surface area contributed by atoms with Gasteiger partial charge in [0.05, 0.1) is 5.39 Å². The van der Waals surface area contributed by atoms with Crippen LogP contribution in [-0.2, 0) is 0 Å². The van der Waals surface area contributed by atoms with Crippen LogP contribution in [-0.4, -0.2) is 9.97 Å². The van der Waals surface area contributed by atoms with Gasteiger partial charge in [0.1, 0.15) is 16.5 Å². The molecule has 0 aliphatic carbocycles. The highest BCUT2D eigenvalue weighted by Crippen LogP contribution is 2.38. The first-order valence-corrected chi connectivity index (χ1v) is 9.35. The number of nitrogens with one attached hydrogen (secondary N) is 1. The molecule has 5 heteroatoms. The van der Waals surface area contributed by atoms with Crippen molar-refractivity contribution in [2.45, 2.75) is 20.8 Å². The highest BCUT2D eigenvalue weighted by Gasteiger charge is 2.15. The van der Waals surface area contributed by atoms with E-state index in [0.29, 0.717) is 0 Å². The van der Waals surface area contributed by atoms with Gasteiger partial charge >= 0.3 is 0 Å². The Balaban J connectivity index is 1.87. The quantitative estimate of drug-likeness (QED) is 0.466. The third kappa shape index (κ3) is 3.02. The molecule has 2 aromatic carbocycles. The minimum Gasteiger partial charge on any atom is -0.399 e. The number of nitrogens with zero attached hydrogens (tertiary/aromatic N) is 2. The Labute approximate surface area is 156 Å². The first-order valence-electron chi connectivity index (χ1n) is 8.47. The van der Waals surface area contributed by atoms with E-state index >= 15 is 0 Å². The first kappa shape index (κ1) is 16.5. The predicted octanol–water partition coefficient (Wildman–Crippen LogP) is 5.61. The van der Waals surface area contributed by atoms with Crippen LogP contribution in [0.5, 0.6) is 0 Å². The van der Waals surface area contributed by atoms with Crippen LogP contribution in [0.3, 0.4) is 0 Å². The predicted molar refractivity (Wildman–Crippen MR) is 111 cm³/mol. The fourth-order valence-corrected chi connectivity index (χ4v) is 3.96. The summed E-state index contributed by atoms with van der Waals surface area (Å²) in [5, 5.41) is 6.66. The molecule has 0 saturated carbocycles. The van der Waals surface area contributed by atoms with E-state index in [0.717, 1.165) is 38.8 Å². The summed E-state index contributed by atoms with van der Waals surface area (Å²) in [4.78, 5) is 10.3. The Morgan fingerprint density at radius 2 is 1.69 bits per heavy atom. The summed E-state index contributed by atoms with van der Waals surface area (Å²) in [6, 6.07) is 14.2. The molecule has 0 atom stereocenters. The molecule has 2 aromatic heterocycles. The molecule has 0 unspecified atom stereocenters. The topological polar surface area (TPSA) is 63.8 Å². The molecule has 2 heterocycles. The van der Waals surface area contributed by atoms with E-state index in [4.69, 9.17) is 5.73 Å². The smallest absolute Gasteiger partial charge is 0.143 e. The van der Waals surface area contributed by atoms with Gasteiger partial charge in [-0.3, -0.25) is 0 Å². The Morgan fingerprint density at radius 1 is 0.923 bits per heavy atom. The SMILES string of the molecule is Cc1nc(Nc2ccc(N)cc2)c2c(-c3ccc(C)c(C)c3)csc2n1. The summed E-state index contributed by atoms with van der Waals surface area (Å²) >= 11 is 1.65. The number of fused-ring (bicyclic) bond motifs is 1. The molecular formula is C21H20N4S. The Morgan fingerprint density at radius 3 is 2.42 bits per heavy atom. The van der Waals surface area contributed by atoms with Crippen molar-refractivity contribution in [3.63, 3.8) is 0 Å². The lowest BCUT2D eigenvalue weighted by Crippen LogP contribution is -1.98. The van der Waals surface area contributed by atoms with Gasteiger partial charge in [0.2, 0.25) is 0 Å². The van der Waals surface area contributed by atoms with Gasteiger partial charge < -0.3 is 11.1 Å². The van der Waals surface area contributed by atoms with E-state index in [-0.39, 0.29) is 0 Å². The Bertz CT molecular complexity index is 1100. The largest absolute Gasteiger partial charge is 0.399 e. The third-order valence-corrected chi connectivity index (χ3v) is 5.41. The number of hydrogen-bond acceptors (Lipinski definition) is 5. The lowest BCUT2D eigenvalue weighted by Gasteiger charge is -2.11. The maximum atomic E-state index is 5.79. The standard InChI is InChI=1S/C21H20N4S/c1-12-4-5-15(10-13(12)2)18-11-26-21-19(18)20(23-14(3)24-21)25-17-8-6-16(22)7-9-17/h4-11H,22H2,1-3H3,(H,23,24,25). The van der Waals surface area contributed by atoms with Crippen molar-refractivity contribution in [3.05, 3.63) is 64.8 Å². The minimum absolute atomic E-state index is 0.742. The highest BCUT2D eigenvalue weighted by molar-refractivity contribution is 7.17. The third-order valence-electron chi connectivity index (χ3n) is 4.54. The molecule has 0 amide bonds. The minimum atomic E-state index is 0.742. The Kier molecular flexibility index (Phi) is 4.09. The number of aromatic nitrogens is 2. The van der Waals surface area contributed by atoms with Crippen molar-refractivity contribution in [2.75, 3.05) is 11.1 Å². The Hall–Kier alpha value is -2.92. The highest BCUT2D eigenvalue weighted by atomic mass is 32.1. The van der Waals surface area contributed by atoms with E-state index in [1.54, 1.807) is 11.3 Å². The number of hydrogen-bond donors (Lipinski definition) is 2. The lowest BCUT2D eigenvalue weighted by molar-refractivity contribution is 1.10. The van der Waals surface area contributed by atoms with E-state index in [2.05, 4.69) is 52.7 Å². The van der Waals surface area contributed by atoms with Gasteiger partial charge in [-0.15, -0.1) is 11.3 Å². The molecule has 0 aliphatic rings. The van der Waals surface area contributed by atoms with Gasteiger partial charge in [0, 0.05) is 22.3 Å². The number of benzene rings is 2. The van der Waals surface area contributed by atoms with Crippen LogP contribution in [0.4, 0.5) is 17.2 Å². The van der Waals surface area contributed by atoms with Crippen molar-refractivity contribution >= 4 is 38.7 Å². The zero-order chi connectivity index (χ0) is 18.3. The normalized spacial score (nSPS) is 11.0. The van der Waals surface area contributed by atoms with Crippen molar-refractivity contribution in [3.8, 4) is 11.1 Å². The number of nitrogens with two attached hydrogens (primary N) is 1. The molecule has 0 fully saturated rings. The summed E-state index contributed by atoms with van der Waals surface area (Å²) < 4.78 is 0. The summed E-state index contributed by atoms with van der Waals surface area (Å²) in [6.45, 7) is 6.19. The van der Waals surface area contributed by atoms with Crippen LogP contribution in [0.25, 0.3) is 21.3 Å². The molecule has 0 radical (unpaired) electrons.